The van der Waals surface area contributed by atoms with Crippen LogP contribution in [0, 0.1) is 6.92 Å². The topological polar surface area (TPSA) is 98.0 Å². The fraction of sp³-hybridized carbons (Fsp3) is 0.105. The van der Waals surface area contributed by atoms with E-state index < -0.39 is 0 Å². The fourth-order valence-electron chi connectivity index (χ4n) is 2.71. The lowest BCUT2D eigenvalue weighted by Crippen LogP contribution is -2.05. The maximum Gasteiger partial charge on any atom is 0.189 e. The number of aryl methyl sites for hydroxylation is 1. The van der Waals surface area contributed by atoms with Crippen molar-refractivity contribution >= 4 is 49.7 Å². The maximum absolute atomic E-state index is 6.28. The summed E-state index contributed by atoms with van der Waals surface area (Å²) in [4.78, 5) is 13.1. The molecule has 8 heteroatoms. The summed E-state index contributed by atoms with van der Waals surface area (Å²) in [7, 11) is 1.62. The van der Waals surface area contributed by atoms with Crippen LogP contribution in [-0.2, 0) is 0 Å². The Balaban J connectivity index is 1.64. The van der Waals surface area contributed by atoms with Crippen molar-refractivity contribution in [2.45, 2.75) is 6.92 Å². The normalized spacial score (nSPS) is 10.7. The van der Waals surface area contributed by atoms with E-state index in [-0.39, 0.29) is 0 Å². The molecule has 0 aliphatic carbocycles. The summed E-state index contributed by atoms with van der Waals surface area (Å²) in [5, 5.41) is 7.13. The summed E-state index contributed by atoms with van der Waals surface area (Å²) < 4.78 is 6.47. The van der Waals surface area contributed by atoms with Gasteiger partial charge in [-0.3, -0.25) is 0 Å². The van der Waals surface area contributed by atoms with Crippen LogP contribution in [0.15, 0.2) is 48.8 Å². The number of ether oxygens (including phenoxy) is 1. The van der Waals surface area contributed by atoms with Gasteiger partial charge in [-0.1, -0.05) is 35.6 Å². The first kappa shape index (κ1) is 17.0. The SMILES string of the molecule is COc1ccccc1Nc1ncnc(Nc2nc3c(C)cccc3s2)c1N. The Bertz CT molecular complexity index is 1110. The van der Waals surface area contributed by atoms with Gasteiger partial charge < -0.3 is 21.1 Å². The van der Waals surface area contributed by atoms with Gasteiger partial charge in [-0.15, -0.1) is 0 Å². The van der Waals surface area contributed by atoms with Crippen LogP contribution >= 0.6 is 11.3 Å². The van der Waals surface area contributed by atoms with Crippen molar-refractivity contribution in [1.82, 2.24) is 15.0 Å². The summed E-state index contributed by atoms with van der Waals surface area (Å²) >= 11 is 1.55. The number of rotatable bonds is 5. The van der Waals surface area contributed by atoms with E-state index in [9.17, 15) is 0 Å². The highest BCUT2D eigenvalue weighted by Crippen LogP contribution is 2.34. The van der Waals surface area contributed by atoms with Gasteiger partial charge >= 0.3 is 0 Å². The van der Waals surface area contributed by atoms with E-state index in [4.69, 9.17) is 10.5 Å². The van der Waals surface area contributed by atoms with Gasteiger partial charge in [-0.25, -0.2) is 15.0 Å². The van der Waals surface area contributed by atoms with Crippen LogP contribution in [0.3, 0.4) is 0 Å². The van der Waals surface area contributed by atoms with Crippen LogP contribution in [-0.4, -0.2) is 22.1 Å². The highest BCUT2D eigenvalue weighted by Gasteiger charge is 2.13. The standard InChI is InChI=1S/C19H18N6OS/c1-11-6-5-9-14-16(11)24-19(27-14)25-18-15(20)17(21-10-22-18)23-12-7-3-4-8-13(12)26-2/h3-10H,20H2,1-2H3,(H2,21,22,23,24,25). The predicted octanol–water partition coefficient (Wildman–Crippen LogP) is 4.47. The molecule has 4 rings (SSSR count). The van der Waals surface area contributed by atoms with Crippen LogP contribution in [0.4, 0.5) is 28.1 Å². The molecule has 2 heterocycles. The molecule has 0 spiro atoms. The van der Waals surface area contributed by atoms with Crippen molar-refractivity contribution in [1.29, 1.82) is 0 Å². The zero-order valence-electron chi connectivity index (χ0n) is 14.9. The second-order valence-corrected chi connectivity index (χ2v) is 6.91. The van der Waals surface area contributed by atoms with E-state index in [1.165, 1.54) is 6.33 Å². The number of nitrogens with one attached hydrogen (secondary N) is 2. The molecule has 0 aliphatic heterocycles. The zero-order chi connectivity index (χ0) is 18.8. The largest absolute Gasteiger partial charge is 0.495 e. The molecule has 0 fully saturated rings. The second kappa shape index (κ2) is 7.08. The molecule has 0 aliphatic rings. The highest BCUT2D eigenvalue weighted by molar-refractivity contribution is 7.22. The average Bonchev–Trinajstić information content (AvgIpc) is 3.09. The van der Waals surface area contributed by atoms with Gasteiger partial charge in [0.25, 0.3) is 0 Å². The molecule has 2 aromatic carbocycles. The fourth-order valence-corrected chi connectivity index (χ4v) is 3.65. The molecule has 7 nitrogen and oxygen atoms in total. The number of nitrogen functional groups attached to an aromatic ring is 1. The van der Waals surface area contributed by atoms with Crippen LogP contribution in [0.25, 0.3) is 10.2 Å². The lowest BCUT2D eigenvalue weighted by molar-refractivity contribution is 0.417. The maximum atomic E-state index is 6.28. The van der Waals surface area contributed by atoms with Crippen molar-refractivity contribution < 1.29 is 4.74 Å². The van der Waals surface area contributed by atoms with Crippen LogP contribution in [0.1, 0.15) is 5.56 Å². The second-order valence-electron chi connectivity index (χ2n) is 5.88. The summed E-state index contributed by atoms with van der Waals surface area (Å²) in [6, 6.07) is 13.7. The van der Waals surface area contributed by atoms with Gasteiger partial charge in [0.05, 0.1) is 23.0 Å². The third-order valence-electron chi connectivity index (χ3n) is 4.09. The van der Waals surface area contributed by atoms with E-state index in [0.717, 1.165) is 26.6 Å². The van der Waals surface area contributed by atoms with E-state index in [1.807, 2.05) is 49.4 Å². The highest BCUT2D eigenvalue weighted by atomic mass is 32.1. The number of anilines is 5. The average molecular weight is 378 g/mol. The van der Waals surface area contributed by atoms with E-state index in [1.54, 1.807) is 18.4 Å². The van der Waals surface area contributed by atoms with Crippen molar-refractivity contribution in [3.05, 3.63) is 54.4 Å². The van der Waals surface area contributed by atoms with E-state index in [0.29, 0.717) is 23.1 Å². The number of benzene rings is 2. The quantitative estimate of drug-likeness (QED) is 0.471. The molecule has 0 saturated carbocycles. The lowest BCUT2D eigenvalue weighted by Gasteiger charge is -2.13. The van der Waals surface area contributed by atoms with Gasteiger partial charge in [0.15, 0.2) is 16.8 Å². The minimum atomic E-state index is 0.402. The molecule has 4 aromatic rings. The molecular weight excluding hydrogens is 360 g/mol. The Morgan fingerprint density at radius 3 is 2.56 bits per heavy atom. The minimum absolute atomic E-state index is 0.402. The number of hydrogen-bond acceptors (Lipinski definition) is 8. The first-order valence-corrected chi connectivity index (χ1v) is 9.11. The number of fused-ring (bicyclic) bond motifs is 1. The smallest absolute Gasteiger partial charge is 0.189 e. The molecule has 0 atom stereocenters. The number of thiazole rings is 1. The molecule has 0 saturated heterocycles. The monoisotopic (exact) mass is 378 g/mol. The molecule has 0 bridgehead atoms. The Kier molecular flexibility index (Phi) is 4.47. The van der Waals surface area contributed by atoms with Crippen molar-refractivity contribution in [2.75, 3.05) is 23.5 Å². The van der Waals surface area contributed by atoms with E-state index in [2.05, 4.69) is 25.6 Å². The first-order chi connectivity index (χ1) is 13.2. The zero-order valence-corrected chi connectivity index (χ0v) is 15.7. The van der Waals surface area contributed by atoms with Gasteiger partial charge in [0.2, 0.25) is 0 Å². The molecule has 2 aromatic heterocycles. The molecule has 0 amide bonds. The summed E-state index contributed by atoms with van der Waals surface area (Å²) in [6.45, 7) is 2.04. The van der Waals surface area contributed by atoms with Crippen molar-refractivity contribution in [3.63, 3.8) is 0 Å². The number of aromatic nitrogens is 3. The molecule has 136 valence electrons. The van der Waals surface area contributed by atoms with Gasteiger partial charge in [0, 0.05) is 0 Å². The third-order valence-corrected chi connectivity index (χ3v) is 5.03. The van der Waals surface area contributed by atoms with Crippen LogP contribution < -0.4 is 21.1 Å². The number of methoxy groups -OCH3 is 1. The number of nitrogens with zero attached hydrogens (tertiary/aromatic N) is 3. The Morgan fingerprint density at radius 1 is 1.00 bits per heavy atom. The number of nitrogens with two attached hydrogens (primary N) is 1. The number of para-hydroxylation sites is 3. The van der Waals surface area contributed by atoms with Crippen LogP contribution in [0.5, 0.6) is 5.75 Å². The van der Waals surface area contributed by atoms with Crippen LogP contribution in [0.2, 0.25) is 0 Å². The molecule has 0 radical (unpaired) electrons. The number of hydrogen-bond donors (Lipinski definition) is 3. The Morgan fingerprint density at radius 2 is 1.78 bits per heavy atom. The predicted molar refractivity (Wildman–Crippen MR) is 110 cm³/mol. The van der Waals surface area contributed by atoms with Crippen molar-refractivity contribution in [2.24, 2.45) is 0 Å². The Labute approximate surface area is 160 Å². The van der Waals surface area contributed by atoms with Gasteiger partial charge in [-0.05, 0) is 30.7 Å². The molecule has 27 heavy (non-hydrogen) atoms. The third kappa shape index (κ3) is 3.34. The van der Waals surface area contributed by atoms with Crippen molar-refractivity contribution in [3.8, 4) is 5.75 Å². The molecular formula is C19H18N6OS. The summed E-state index contributed by atoms with van der Waals surface area (Å²) in [6.07, 6.45) is 1.45. The molecule has 4 N–H and O–H groups in total. The summed E-state index contributed by atoms with van der Waals surface area (Å²) in [5.74, 6) is 1.69. The Hall–Kier alpha value is -3.39. The molecule has 0 unspecified atom stereocenters. The lowest BCUT2D eigenvalue weighted by atomic mass is 10.2. The minimum Gasteiger partial charge on any atom is -0.495 e. The summed E-state index contributed by atoms with van der Waals surface area (Å²) in [5.41, 5.74) is 9.56. The van der Waals surface area contributed by atoms with E-state index >= 15 is 0 Å². The van der Waals surface area contributed by atoms with Gasteiger partial charge in [-0.2, -0.15) is 0 Å². The van der Waals surface area contributed by atoms with Gasteiger partial charge in [0.1, 0.15) is 17.8 Å². The first-order valence-electron chi connectivity index (χ1n) is 8.29.